The molecule has 29 heavy (non-hydrogen) atoms. The van der Waals surface area contributed by atoms with Crippen LogP contribution in [0.2, 0.25) is 0 Å². The largest absolute Gasteiger partial charge is 0.488 e. The van der Waals surface area contributed by atoms with Gasteiger partial charge in [0.1, 0.15) is 25.6 Å². The van der Waals surface area contributed by atoms with Crippen molar-refractivity contribution in [1.82, 2.24) is 0 Å². The van der Waals surface area contributed by atoms with Gasteiger partial charge in [0.05, 0.1) is 5.56 Å². The third kappa shape index (κ3) is 4.82. The quantitative estimate of drug-likeness (QED) is 0.572. The second-order valence-corrected chi connectivity index (χ2v) is 6.62. The first-order valence-electron chi connectivity index (χ1n) is 9.47. The number of para-hydroxylation sites is 1. The highest BCUT2D eigenvalue weighted by Crippen LogP contribution is 2.24. The van der Waals surface area contributed by atoms with Crippen LogP contribution in [-0.2, 0) is 27.5 Å². The average molecular weight is 387 g/mol. The molecule has 0 N–H and O–H groups in total. The molecule has 146 valence electrons. The van der Waals surface area contributed by atoms with Crippen LogP contribution in [0.5, 0.6) is 5.75 Å². The van der Waals surface area contributed by atoms with Crippen LogP contribution in [-0.4, -0.2) is 24.5 Å². The van der Waals surface area contributed by atoms with E-state index in [1.807, 2.05) is 84.9 Å². The van der Waals surface area contributed by atoms with Crippen molar-refractivity contribution < 1.29 is 19.0 Å². The number of hydrogen-bond acceptors (Lipinski definition) is 5. The maximum Gasteiger partial charge on any atom is 0.334 e. The Hall–Kier alpha value is -3.60. The molecule has 3 aromatic rings. The van der Waals surface area contributed by atoms with E-state index >= 15 is 0 Å². The second-order valence-electron chi connectivity index (χ2n) is 6.62. The fourth-order valence-corrected chi connectivity index (χ4v) is 2.97. The maximum absolute atomic E-state index is 12.4. The fraction of sp³-hybridized carbons (Fsp3) is 0.167. The summed E-state index contributed by atoms with van der Waals surface area (Å²) in [6.45, 7) is 0.821. The molecule has 1 atom stereocenters. The van der Waals surface area contributed by atoms with Crippen molar-refractivity contribution in [2.45, 2.75) is 19.3 Å². The molecular weight excluding hydrogens is 366 g/mol. The van der Waals surface area contributed by atoms with Crippen molar-refractivity contribution in [2.24, 2.45) is 4.99 Å². The Balaban J connectivity index is 1.41. The van der Waals surface area contributed by atoms with Gasteiger partial charge in [-0.15, -0.1) is 0 Å². The van der Waals surface area contributed by atoms with E-state index in [4.69, 9.17) is 14.2 Å². The third-order valence-electron chi connectivity index (χ3n) is 4.50. The normalized spacial score (nSPS) is 15.3. The van der Waals surface area contributed by atoms with Crippen molar-refractivity contribution in [2.75, 3.05) is 6.61 Å². The molecule has 1 aliphatic rings. The molecule has 5 nitrogen and oxygen atoms in total. The van der Waals surface area contributed by atoms with E-state index in [2.05, 4.69) is 4.99 Å². The minimum atomic E-state index is -0.670. The smallest absolute Gasteiger partial charge is 0.334 e. The highest BCUT2D eigenvalue weighted by molar-refractivity contribution is 5.99. The van der Waals surface area contributed by atoms with Crippen molar-refractivity contribution in [3.63, 3.8) is 0 Å². The minimum absolute atomic E-state index is 0.163. The van der Waals surface area contributed by atoms with Crippen molar-refractivity contribution in [1.29, 1.82) is 0 Å². The number of rotatable bonds is 7. The van der Waals surface area contributed by atoms with Crippen LogP contribution in [0.25, 0.3) is 0 Å². The first-order chi connectivity index (χ1) is 14.3. The van der Waals surface area contributed by atoms with E-state index in [1.54, 1.807) is 0 Å². The van der Waals surface area contributed by atoms with Crippen molar-refractivity contribution in [3.05, 3.63) is 102 Å². The summed E-state index contributed by atoms with van der Waals surface area (Å²) in [6.07, 6.45) is 0. The molecule has 0 radical (unpaired) electrons. The number of carbonyl (C=O) groups excluding carboxylic acids is 1. The average Bonchev–Trinajstić information content (AvgIpc) is 3.28. The third-order valence-corrected chi connectivity index (χ3v) is 4.50. The zero-order chi connectivity index (χ0) is 19.9. The van der Waals surface area contributed by atoms with Gasteiger partial charge in [-0.25, -0.2) is 9.79 Å². The SMILES string of the molecule is O=C(OCc1ccccc1)[C@H]1COC(c2ccccc2OCc2ccccc2)=N1. The van der Waals surface area contributed by atoms with Gasteiger partial charge in [-0.3, -0.25) is 0 Å². The monoisotopic (exact) mass is 387 g/mol. The zero-order valence-electron chi connectivity index (χ0n) is 15.9. The van der Waals surface area contributed by atoms with Gasteiger partial charge >= 0.3 is 5.97 Å². The van der Waals surface area contributed by atoms with E-state index in [0.717, 1.165) is 16.7 Å². The number of ether oxygens (including phenoxy) is 3. The molecule has 1 aliphatic heterocycles. The summed E-state index contributed by atoms with van der Waals surface area (Å²) in [7, 11) is 0. The van der Waals surface area contributed by atoms with Crippen LogP contribution in [0, 0.1) is 0 Å². The van der Waals surface area contributed by atoms with E-state index in [1.165, 1.54) is 0 Å². The number of benzene rings is 3. The maximum atomic E-state index is 12.4. The lowest BCUT2D eigenvalue weighted by molar-refractivity contribution is -0.146. The van der Waals surface area contributed by atoms with E-state index in [0.29, 0.717) is 18.3 Å². The lowest BCUT2D eigenvalue weighted by atomic mass is 10.2. The first kappa shape index (κ1) is 18.7. The summed E-state index contributed by atoms with van der Waals surface area (Å²) < 4.78 is 17.0. The second kappa shape index (κ2) is 9.06. The molecule has 0 saturated carbocycles. The summed E-state index contributed by atoms with van der Waals surface area (Å²) in [5.74, 6) is 0.662. The first-order valence-corrected chi connectivity index (χ1v) is 9.47. The number of hydrogen-bond donors (Lipinski definition) is 0. The van der Waals surface area contributed by atoms with Crippen molar-refractivity contribution in [3.8, 4) is 5.75 Å². The Morgan fingerprint density at radius 2 is 1.48 bits per heavy atom. The van der Waals surface area contributed by atoms with E-state index in [9.17, 15) is 4.79 Å². The molecule has 4 rings (SSSR count). The summed E-state index contributed by atoms with van der Waals surface area (Å²) >= 11 is 0. The van der Waals surface area contributed by atoms with Crippen LogP contribution >= 0.6 is 0 Å². The van der Waals surface area contributed by atoms with Gasteiger partial charge in [-0.05, 0) is 23.3 Å². The standard InChI is InChI=1S/C24H21NO4/c26-24(29-16-19-11-5-2-6-12-19)21-17-28-23(25-21)20-13-7-8-14-22(20)27-15-18-9-3-1-4-10-18/h1-14,21H,15-17H2/t21-/m1/s1. The Morgan fingerprint density at radius 3 is 2.21 bits per heavy atom. The van der Waals surface area contributed by atoms with Crippen LogP contribution in [0.1, 0.15) is 16.7 Å². The molecule has 1 heterocycles. The van der Waals surface area contributed by atoms with Gasteiger partial charge < -0.3 is 14.2 Å². The predicted molar refractivity (Wildman–Crippen MR) is 110 cm³/mol. The molecule has 0 aromatic heterocycles. The minimum Gasteiger partial charge on any atom is -0.488 e. The van der Waals surface area contributed by atoms with Gasteiger partial charge in [0.25, 0.3) is 0 Å². The van der Waals surface area contributed by atoms with E-state index < -0.39 is 12.0 Å². The molecule has 0 aliphatic carbocycles. The van der Waals surface area contributed by atoms with Crippen molar-refractivity contribution >= 4 is 11.9 Å². The van der Waals surface area contributed by atoms with Gasteiger partial charge in [-0.1, -0.05) is 72.8 Å². The van der Waals surface area contributed by atoms with Crippen LogP contribution in [0.3, 0.4) is 0 Å². The summed E-state index contributed by atoms with van der Waals surface area (Å²) in [5, 5.41) is 0. The van der Waals surface area contributed by atoms with E-state index in [-0.39, 0.29) is 13.2 Å². The summed E-state index contributed by atoms with van der Waals surface area (Å²) in [4.78, 5) is 16.8. The molecule has 3 aromatic carbocycles. The molecule has 0 bridgehead atoms. The number of nitrogens with zero attached hydrogens (tertiary/aromatic N) is 1. The lowest BCUT2D eigenvalue weighted by Gasteiger charge is -2.11. The lowest BCUT2D eigenvalue weighted by Crippen LogP contribution is -2.22. The molecule has 0 saturated heterocycles. The number of aliphatic imine (C=N–C) groups is 1. The summed E-state index contributed by atoms with van der Waals surface area (Å²) in [6, 6.07) is 26.3. The highest BCUT2D eigenvalue weighted by Gasteiger charge is 2.29. The molecule has 0 unspecified atom stereocenters. The molecular formula is C24H21NO4. The van der Waals surface area contributed by atoms with Gasteiger partial charge in [0.2, 0.25) is 5.90 Å². The Bertz CT molecular complexity index is 986. The molecule has 5 heteroatoms. The Kier molecular flexibility index (Phi) is 5.86. The van der Waals surface area contributed by atoms with Gasteiger partial charge in [0, 0.05) is 0 Å². The topological polar surface area (TPSA) is 57.1 Å². The fourth-order valence-electron chi connectivity index (χ4n) is 2.97. The zero-order valence-corrected chi connectivity index (χ0v) is 15.9. The Labute approximate surface area is 169 Å². The molecule has 0 fully saturated rings. The van der Waals surface area contributed by atoms with Crippen LogP contribution < -0.4 is 4.74 Å². The summed E-state index contributed by atoms with van der Waals surface area (Å²) in [5.41, 5.74) is 2.73. The molecule has 0 spiro atoms. The van der Waals surface area contributed by atoms with Crippen LogP contribution in [0.4, 0.5) is 0 Å². The van der Waals surface area contributed by atoms with Gasteiger partial charge in [-0.2, -0.15) is 0 Å². The molecule has 0 amide bonds. The van der Waals surface area contributed by atoms with Crippen LogP contribution in [0.15, 0.2) is 89.9 Å². The number of esters is 1. The number of carbonyl (C=O) groups is 1. The van der Waals surface area contributed by atoms with Gasteiger partial charge in [0.15, 0.2) is 6.04 Å². The predicted octanol–water partition coefficient (Wildman–Crippen LogP) is 4.15. The highest BCUT2D eigenvalue weighted by atomic mass is 16.5. The Morgan fingerprint density at radius 1 is 0.862 bits per heavy atom.